The summed E-state index contributed by atoms with van der Waals surface area (Å²) in [5.41, 5.74) is 10.9. The third-order valence-corrected chi connectivity index (χ3v) is 6.69. The third-order valence-electron chi connectivity index (χ3n) is 6.44. The van der Waals surface area contributed by atoms with Crippen LogP contribution in [0, 0.1) is 11.7 Å². The Labute approximate surface area is 192 Å². The predicted molar refractivity (Wildman–Crippen MR) is 124 cm³/mol. The lowest BCUT2D eigenvalue weighted by Crippen LogP contribution is -2.39. The molecule has 2 aliphatic heterocycles. The van der Waals surface area contributed by atoms with Crippen LogP contribution in [0.3, 0.4) is 0 Å². The van der Waals surface area contributed by atoms with E-state index in [4.69, 9.17) is 21.1 Å². The normalized spacial score (nSPS) is 21.8. The van der Waals surface area contributed by atoms with Gasteiger partial charge in [-0.2, -0.15) is 0 Å². The zero-order valence-corrected chi connectivity index (χ0v) is 18.7. The molecule has 3 unspecified atom stereocenters. The number of anilines is 1. The molecule has 0 bridgehead atoms. The van der Waals surface area contributed by atoms with E-state index in [-0.39, 0.29) is 23.8 Å². The number of nitrogens with zero attached hydrogens (tertiary/aromatic N) is 1. The van der Waals surface area contributed by atoms with Gasteiger partial charge in [-0.05, 0) is 35.4 Å². The van der Waals surface area contributed by atoms with Crippen molar-refractivity contribution in [2.75, 3.05) is 25.7 Å². The molecule has 0 saturated carbocycles. The lowest BCUT2D eigenvalue weighted by atomic mass is 9.81. The average Bonchev–Trinajstić information content (AvgIpc) is 3.24. The second-order valence-corrected chi connectivity index (χ2v) is 8.63. The molecule has 166 valence electrons. The molecule has 7 heteroatoms. The van der Waals surface area contributed by atoms with Gasteiger partial charge in [0.05, 0.1) is 26.3 Å². The van der Waals surface area contributed by atoms with Crippen LogP contribution in [0.15, 0.2) is 60.7 Å². The number of ether oxygens (including phenoxy) is 2. The second kappa shape index (κ2) is 8.62. The van der Waals surface area contributed by atoms with E-state index in [1.807, 2.05) is 36.4 Å². The van der Waals surface area contributed by atoms with Crippen LogP contribution in [0.2, 0.25) is 5.02 Å². The number of nitrogens with one attached hydrogen (secondary N) is 2. The van der Waals surface area contributed by atoms with Gasteiger partial charge < -0.3 is 14.4 Å². The first-order chi connectivity index (χ1) is 15.6. The summed E-state index contributed by atoms with van der Waals surface area (Å²) in [5, 5.41) is 0.711. The number of halogens is 2. The van der Waals surface area contributed by atoms with E-state index in [9.17, 15) is 4.39 Å². The van der Waals surface area contributed by atoms with Crippen LogP contribution in [-0.2, 0) is 6.54 Å². The minimum Gasteiger partial charge on any atom is -0.493 e. The molecule has 1 fully saturated rings. The third kappa shape index (κ3) is 3.68. The Hall–Kier alpha value is -2.80. The largest absolute Gasteiger partial charge is 0.493 e. The molecule has 1 saturated heterocycles. The van der Waals surface area contributed by atoms with Crippen molar-refractivity contribution in [1.82, 2.24) is 10.9 Å². The smallest absolute Gasteiger partial charge is 0.162 e. The Morgan fingerprint density at radius 3 is 2.38 bits per heavy atom. The van der Waals surface area contributed by atoms with Crippen molar-refractivity contribution in [3.05, 3.63) is 88.2 Å². The van der Waals surface area contributed by atoms with E-state index in [0.717, 1.165) is 23.4 Å². The number of fused-ring (bicyclic) bond motifs is 3. The van der Waals surface area contributed by atoms with E-state index in [1.54, 1.807) is 20.3 Å². The fourth-order valence-corrected chi connectivity index (χ4v) is 4.97. The number of rotatable bonds is 5. The Morgan fingerprint density at radius 2 is 1.66 bits per heavy atom. The number of hydrazine groups is 1. The highest BCUT2D eigenvalue weighted by Crippen LogP contribution is 2.49. The Bertz CT molecular complexity index is 1120. The summed E-state index contributed by atoms with van der Waals surface area (Å²) in [6.07, 6.45) is 0. The minimum absolute atomic E-state index is 0.0716. The second-order valence-electron chi connectivity index (χ2n) is 8.20. The molecule has 3 aromatic carbocycles. The molecule has 5 nitrogen and oxygen atoms in total. The summed E-state index contributed by atoms with van der Waals surface area (Å²) in [6, 6.07) is 19.0. The highest BCUT2D eigenvalue weighted by Gasteiger charge is 2.44. The van der Waals surface area contributed by atoms with Crippen LogP contribution >= 0.6 is 11.6 Å². The van der Waals surface area contributed by atoms with Gasteiger partial charge in [-0.25, -0.2) is 15.2 Å². The fraction of sp³-hybridized carbons (Fsp3) is 0.280. The molecule has 32 heavy (non-hydrogen) atoms. The standard InChI is InChI=1S/C25H25ClFN3O2/c1-31-22-11-18-21(12-23(22)32-2)30(13-16-5-3-4-6-20(16)27)14-19-24(28-29-25(18)19)15-7-9-17(26)10-8-15/h3-12,19,24-25,28-29H,13-14H2,1-2H3. The SMILES string of the molecule is COc1cc2c(cc1OC)N(Cc1ccccc1F)CC1C(c3ccc(Cl)cc3)NNC21. The van der Waals surface area contributed by atoms with Gasteiger partial charge in [0.25, 0.3) is 0 Å². The quantitative estimate of drug-likeness (QED) is 0.567. The van der Waals surface area contributed by atoms with Crippen molar-refractivity contribution in [3.63, 3.8) is 0 Å². The Balaban J connectivity index is 1.57. The maximum Gasteiger partial charge on any atom is 0.162 e. The average molecular weight is 454 g/mol. The van der Waals surface area contributed by atoms with Crippen LogP contribution in [0.25, 0.3) is 0 Å². The van der Waals surface area contributed by atoms with Gasteiger partial charge in [-0.15, -0.1) is 0 Å². The van der Waals surface area contributed by atoms with E-state index in [2.05, 4.69) is 27.9 Å². The lowest BCUT2D eigenvalue weighted by molar-refractivity contribution is 0.350. The van der Waals surface area contributed by atoms with Crippen molar-refractivity contribution in [2.45, 2.75) is 18.6 Å². The number of methoxy groups -OCH3 is 2. The van der Waals surface area contributed by atoms with Crippen molar-refractivity contribution in [1.29, 1.82) is 0 Å². The highest BCUT2D eigenvalue weighted by molar-refractivity contribution is 6.30. The van der Waals surface area contributed by atoms with Crippen molar-refractivity contribution in [3.8, 4) is 11.5 Å². The van der Waals surface area contributed by atoms with Gasteiger partial charge in [0.2, 0.25) is 0 Å². The van der Waals surface area contributed by atoms with Crippen LogP contribution in [0.4, 0.5) is 10.1 Å². The van der Waals surface area contributed by atoms with Crippen molar-refractivity contribution < 1.29 is 13.9 Å². The van der Waals surface area contributed by atoms with Gasteiger partial charge in [0, 0.05) is 41.3 Å². The van der Waals surface area contributed by atoms with Crippen LogP contribution in [0.1, 0.15) is 28.8 Å². The van der Waals surface area contributed by atoms with E-state index >= 15 is 0 Å². The maximum absolute atomic E-state index is 14.5. The Kier molecular flexibility index (Phi) is 5.67. The van der Waals surface area contributed by atoms with E-state index < -0.39 is 0 Å². The molecule has 2 heterocycles. The molecular formula is C25H25ClFN3O2. The topological polar surface area (TPSA) is 45.8 Å². The zero-order chi connectivity index (χ0) is 22.2. The minimum atomic E-state index is -0.200. The fourth-order valence-electron chi connectivity index (χ4n) is 4.85. The lowest BCUT2D eigenvalue weighted by Gasteiger charge is -2.39. The van der Waals surface area contributed by atoms with E-state index in [0.29, 0.717) is 28.6 Å². The molecule has 3 atom stereocenters. The summed E-state index contributed by atoms with van der Waals surface area (Å²) in [7, 11) is 3.27. The first-order valence-electron chi connectivity index (χ1n) is 10.6. The summed E-state index contributed by atoms with van der Waals surface area (Å²) in [6.45, 7) is 1.21. The molecule has 3 aromatic rings. The molecule has 0 spiro atoms. The van der Waals surface area contributed by atoms with Gasteiger partial charge in [0.1, 0.15) is 5.82 Å². The van der Waals surface area contributed by atoms with Crippen LogP contribution < -0.4 is 25.2 Å². The monoisotopic (exact) mass is 453 g/mol. The summed E-state index contributed by atoms with van der Waals surface area (Å²) >= 11 is 6.11. The molecular weight excluding hydrogens is 429 g/mol. The van der Waals surface area contributed by atoms with Gasteiger partial charge >= 0.3 is 0 Å². The molecule has 0 aromatic heterocycles. The van der Waals surface area contributed by atoms with Gasteiger partial charge in [0.15, 0.2) is 11.5 Å². The Morgan fingerprint density at radius 1 is 0.969 bits per heavy atom. The molecule has 5 rings (SSSR count). The molecule has 2 N–H and O–H groups in total. The molecule has 0 amide bonds. The summed E-state index contributed by atoms with van der Waals surface area (Å²) in [4.78, 5) is 2.23. The molecule has 2 aliphatic rings. The van der Waals surface area contributed by atoms with Crippen LogP contribution in [0.5, 0.6) is 11.5 Å². The first kappa shape index (κ1) is 21.1. The predicted octanol–water partition coefficient (Wildman–Crippen LogP) is 5.02. The maximum atomic E-state index is 14.5. The number of hydrogen-bond acceptors (Lipinski definition) is 5. The first-order valence-corrected chi connectivity index (χ1v) is 11.0. The van der Waals surface area contributed by atoms with Crippen molar-refractivity contribution >= 4 is 17.3 Å². The highest BCUT2D eigenvalue weighted by atomic mass is 35.5. The van der Waals surface area contributed by atoms with Gasteiger partial charge in [-0.1, -0.05) is 41.9 Å². The van der Waals surface area contributed by atoms with Crippen molar-refractivity contribution in [2.24, 2.45) is 5.92 Å². The molecule has 0 radical (unpaired) electrons. The number of benzene rings is 3. The summed E-state index contributed by atoms with van der Waals surface area (Å²) in [5.74, 6) is 1.35. The van der Waals surface area contributed by atoms with E-state index in [1.165, 1.54) is 6.07 Å². The summed E-state index contributed by atoms with van der Waals surface area (Å²) < 4.78 is 25.7. The molecule has 0 aliphatic carbocycles. The zero-order valence-electron chi connectivity index (χ0n) is 17.9. The van der Waals surface area contributed by atoms with Gasteiger partial charge in [-0.3, -0.25) is 0 Å². The van der Waals surface area contributed by atoms with Crippen LogP contribution in [-0.4, -0.2) is 20.8 Å². The number of hydrogen-bond donors (Lipinski definition) is 2.